The van der Waals surface area contributed by atoms with E-state index >= 15 is 0 Å². The summed E-state index contributed by atoms with van der Waals surface area (Å²) < 4.78 is 18.9. The van der Waals surface area contributed by atoms with Crippen molar-refractivity contribution in [3.8, 4) is 5.75 Å². The standard InChI is InChI=1S/C26H20FNO3/c1-17-6-12-22(13-7-17)28-26(30)23-14-19-4-2-3-5-20(19)15-25(23)31-16-24(29)18-8-10-21(27)11-9-18/h2-15H,16H2,1H3,(H,28,30). The van der Waals surface area contributed by atoms with Gasteiger partial charge in [-0.1, -0.05) is 42.0 Å². The van der Waals surface area contributed by atoms with Crippen LogP contribution in [0, 0.1) is 12.7 Å². The number of carbonyl (C=O) groups is 2. The zero-order chi connectivity index (χ0) is 21.8. The SMILES string of the molecule is Cc1ccc(NC(=O)c2cc3ccccc3cc2OCC(=O)c2ccc(F)cc2)cc1. The second kappa shape index (κ2) is 8.79. The van der Waals surface area contributed by atoms with Gasteiger partial charge in [0.25, 0.3) is 5.91 Å². The third kappa shape index (κ3) is 4.78. The van der Waals surface area contributed by atoms with Gasteiger partial charge in [-0.3, -0.25) is 9.59 Å². The minimum absolute atomic E-state index is 0.269. The molecule has 4 aromatic rings. The Morgan fingerprint density at radius 2 is 1.52 bits per heavy atom. The fraction of sp³-hybridized carbons (Fsp3) is 0.0769. The number of Topliss-reactive ketones (excluding diaryl/α,β-unsaturated/α-hetero) is 1. The van der Waals surface area contributed by atoms with Gasteiger partial charge in [0.2, 0.25) is 0 Å². The molecule has 1 amide bonds. The number of ketones is 1. The number of hydrogen-bond acceptors (Lipinski definition) is 3. The molecule has 1 N–H and O–H groups in total. The molecule has 4 nitrogen and oxygen atoms in total. The number of anilines is 1. The Bertz CT molecular complexity index is 1250. The summed E-state index contributed by atoms with van der Waals surface area (Å²) in [6, 6.07) is 23.8. The Labute approximate surface area is 179 Å². The number of fused-ring (bicyclic) bond motifs is 1. The van der Waals surface area contributed by atoms with E-state index in [2.05, 4.69) is 5.32 Å². The van der Waals surface area contributed by atoms with Crippen LogP contribution in [0.2, 0.25) is 0 Å². The van der Waals surface area contributed by atoms with Crippen LogP contribution in [0.15, 0.2) is 84.9 Å². The molecule has 154 valence electrons. The van der Waals surface area contributed by atoms with Crippen molar-refractivity contribution >= 4 is 28.2 Å². The van der Waals surface area contributed by atoms with Crippen LogP contribution in [0.3, 0.4) is 0 Å². The van der Waals surface area contributed by atoms with Gasteiger partial charge < -0.3 is 10.1 Å². The first-order valence-electron chi connectivity index (χ1n) is 9.82. The van der Waals surface area contributed by atoms with Crippen LogP contribution < -0.4 is 10.1 Å². The Morgan fingerprint density at radius 1 is 0.871 bits per heavy atom. The number of nitrogens with one attached hydrogen (secondary N) is 1. The third-order valence-corrected chi connectivity index (χ3v) is 4.93. The van der Waals surface area contributed by atoms with Gasteiger partial charge in [-0.2, -0.15) is 0 Å². The van der Waals surface area contributed by atoms with E-state index in [9.17, 15) is 14.0 Å². The monoisotopic (exact) mass is 413 g/mol. The number of halogens is 1. The molecule has 0 aromatic heterocycles. The molecule has 0 fully saturated rings. The lowest BCUT2D eigenvalue weighted by atomic mass is 10.0. The molecule has 31 heavy (non-hydrogen) atoms. The molecule has 0 radical (unpaired) electrons. The van der Waals surface area contributed by atoms with Crippen molar-refractivity contribution in [3.05, 3.63) is 107 Å². The number of ether oxygens (including phenoxy) is 1. The lowest BCUT2D eigenvalue weighted by Gasteiger charge is -2.13. The first kappa shape index (κ1) is 20.3. The van der Waals surface area contributed by atoms with Crippen LogP contribution >= 0.6 is 0 Å². The molecule has 4 aromatic carbocycles. The third-order valence-electron chi connectivity index (χ3n) is 4.93. The van der Waals surface area contributed by atoms with Gasteiger partial charge in [0.1, 0.15) is 11.6 Å². The van der Waals surface area contributed by atoms with Gasteiger partial charge >= 0.3 is 0 Å². The van der Waals surface area contributed by atoms with Gasteiger partial charge in [0, 0.05) is 11.3 Å². The van der Waals surface area contributed by atoms with Gasteiger partial charge in [-0.25, -0.2) is 4.39 Å². The lowest BCUT2D eigenvalue weighted by molar-refractivity contribution is 0.0914. The number of aryl methyl sites for hydroxylation is 1. The average Bonchev–Trinajstić information content (AvgIpc) is 2.78. The fourth-order valence-electron chi connectivity index (χ4n) is 3.21. The largest absolute Gasteiger partial charge is 0.485 e. The zero-order valence-electron chi connectivity index (χ0n) is 16.9. The number of hydrogen-bond donors (Lipinski definition) is 1. The van der Waals surface area contributed by atoms with Crippen molar-refractivity contribution in [2.24, 2.45) is 0 Å². The molecule has 0 bridgehead atoms. The van der Waals surface area contributed by atoms with Gasteiger partial charge in [0.15, 0.2) is 12.4 Å². The summed E-state index contributed by atoms with van der Waals surface area (Å²) in [6.07, 6.45) is 0. The fourth-order valence-corrected chi connectivity index (χ4v) is 3.21. The van der Waals surface area contributed by atoms with Crippen molar-refractivity contribution < 1.29 is 18.7 Å². The van der Waals surface area contributed by atoms with Crippen molar-refractivity contribution in [2.75, 3.05) is 11.9 Å². The van der Waals surface area contributed by atoms with Crippen LogP contribution in [0.4, 0.5) is 10.1 Å². The normalized spacial score (nSPS) is 10.6. The predicted molar refractivity (Wildman–Crippen MR) is 119 cm³/mol. The van der Waals surface area contributed by atoms with Crippen LogP contribution in [0.5, 0.6) is 5.75 Å². The Morgan fingerprint density at radius 3 is 2.19 bits per heavy atom. The number of benzene rings is 4. The highest BCUT2D eigenvalue weighted by atomic mass is 19.1. The molecule has 0 aliphatic carbocycles. The predicted octanol–water partition coefficient (Wildman–Crippen LogP) is 5.80. The molecular weight excluding hydrogens is 393 g/mol. The number of amides is 1. The lowest BCUT2D eigenvalue weighted by Crippen LogP contribution is -2.17. The summed E-state index contributed by atoms with van der Waals surface area (Å²) in [7, 11) is 0. The summed E-state index contributed by atoms with van der Waals surface area (Å²) >= 11 is 0. The van der Waals surface area contributed by atoms with E-state index in [0.29, 0.717) is 22.6 Å². The summed E-state index contributed by atoms with van der Waals surface area (Å²) in [5.41, 5.74) is 2.42. The minimum Gasteiger partial charge on any atom is -0.485 e. The average molecular weight is 413 g/mol. The molecule has 0 atom stereocenters. The van der Waals surface area contributed by atoms with Gasteiger partial charge in [-0.15, -0.1) is 0 Å². The van der Waals surface area contributed by atoms with Crippen molar-refractivity contribution in [1.82, 2.24) is 0 Å². The molecule has 0 aliphatic rings. The number of carbonyl (C=O) groups excluding carboxylic acids is 2. The smallest absolute Gasteiger partial charge is 0.259 e. The van der Waals surface area contributed by atoms with E-state index in [1.165, 1.54) is 24.3 Å². The van der Waals surface area contributed by atoms with E-state index < -0.39 is 5.82 Å². The molecule has 0 aliphatic heterocycles. The quantitative estimate of drug-likeness (QED) is 0.406. The zero-order valence-corrected chi connectivity index (χ0v) is 16.9. The highest BCUT2D eigenvalue weighted by Crippen LogP contribution is 2.27. The number of rotatable bonds is 6. The molecular formula is C26H20FNO3. The highest BCUT2D eigenvalue weighted by Gasteiger charge is 2.16. The van der Waals surface area contributed by atoms with Gasteiger partial charge in [-0.05, 0) is 66.2 Å². The minimum atomic E-state index is -0.415. The molecule has 5 heteroatoms. The van der Waals surface area contributed by atoms with E-state index in [4.69, 9.17) is 4.74 Å². The summed E-state index contributed by atoms with van der Waals surface area (Å²) in [5, 5.41) is 4.64. The maximum absolute atomic E-state index is 13.1. The van der Waals surface area contributed by atoms with Crippen LogP contribution in [0.1, 0.15) is 26.3 Å². The maximum Gasteiger partial charge on any atom is 0.259 e. The molecule has 0 heterocycles. The Kier molecular flexibility index (Phi) is 5.76. The van der Waals surface area contributed by atoms with E-state index in [1.807, 2.05) is 55.5 Å². The van der Waals surface area contributed by atoms with E-state index in [1.54, 1.807) is 12.1 Å². The van der Waals surface area contributed by atoms with Gasteiger partial charge in [0.05, 0.1) is 5.56 Å². The van der Waals surface area contributed by atoms with Crippen LogP contribution in [-0.2, 0) is 0 Å². The van der Waals surface area contributed by atoms with Crippen LogP contribution in [-0.4, -0.2) is 18.3 Å². The topological polar surface area (TPSA) is 55.4 Å². The summed E-state index contributed by atoms with van der Waals surface area (Å²) in [6.45, 7) is 1.70. The van der Waals surface area contributed by atoms with Crippen molar-refractivity contribution in [3.63, 3.8) is 0 Å². The van der Waals surface area contributed by atoms with E-state index in [0.717, 1.165) is 16.3 Å². The first-order valence-corrected chi connectivity index (χ1v) is 9.82. The molecule has 4 rings (SSSR count). The second-order valence-corrected chi connectivity index (χ2v) is 7.23. The maximum atomic E-state index is 13.1. The first-order chi connectivity index (χ1) is 15.0. The summed E-state index contributed by atoms with van der Waals surface area (Å²) in [5.74, 6) is -0.752. The highest BCUT2D eigenvalue weighted by molar-refractivity contribution is 6.09. The molecule has 0 unspecified atom stereocenters. The Hall–Kier alpha value is -3.99. The van der Waals surface area contributed by atoms with E-state index in [-0.39, 0.29) is 18.3 Å². The summed E-state index contributed by atoms with van der Waals surface area (Å²) in [4.78, 5) is 25.4. The molecule has 0 saturated heterocycles. The van der Waals surface area contributed by atoms with Crippen molar-refractivity contribution in [2.45, 2.75) is 6.92 Å². The molecule has 0 spiro atoms. The Balaban J connectivity index is 1.61. The second-order valence-electron chi connectivity index (χ2n) is 7.23. The van der Waals surface area contributed by atoms with Crippen molar-refractivity contribution in [1.29, 1.82) is 0 Å². The van der Waals surface area contributed by atoms with Crippen LogP contribution in [0.25, 0.3) is 10.8 Å². The molecule has 0 saturated carbocycles.